The van der Waals surface area contributed by atoms with Crippen LogP contribution in [-0.4, -0.2) is 55.9 Å². The smallest absolute Gasteiger partial charge is 0.410 e. The van der Waals surface area contributed by atoms with Crippen molar-refractivity contribution >= 4 is 6.09 Å². The molecule has 1 heterocycles. The normalized spacial score (nSPS) is 16.6. The van der Waals surface area contributed by atoms with Crippen LogP contribution in [0.15, 0.2) is 36.4 Å². The average molecular weight is 460 g/mol. The molecule has 1 aliphatic heterocycles. The van der Waals surface area contributed by atoms with Gasteiger partial charge in [0, 0.05) is 19.2 Å². The minimum absolute atomic E-state index is 0.299. The van der Waals surface area contributed by atoms with Crippen molar-refractivity contribution in [2.45, 2.75) is 51.7 Å². The van der Waals surface area contributed by atoms with Gasteiger partial charge in [-0.05, 0) is 68.7 Å². The molecule has 0 saturated carbocycles. The molecule has 0 aromatic heterocycles. The second kappa shape index (κ2) is 10.3. The summed E-state index contributed by atoms with van der Waals surface area (Å²) in [6, 6.07) is 10.5. The fraction of sp³-hybridized carbons (Fsp3) is 0.480. The first kappa shape index (κ1) is 24.7. The van der Waals surface area contributed by atoms with Gasteiger partial charge in [0.1, 0.15) is 35.5 Å². The number of methoxy groups -OCH3 is 3. The Morgan fingerprint density at radius 3 is 2.45 bits per heavy atom. The van der Waals surface area contributed by atoms with Gasteiger partial charge in [-0.1, -0.05) is 6.07 Å². The number of benzene rings is 2. The SMILES string of the molecule is COc1ccc(OC)c(COc2ccc3c(c2)CCN(C(=O)OC(C)(C)C)[C@H]3[C@@H](O)OC)c1. The highest BCUT2D eigenvalue weighted by molar-refractivity contribution is 5.69. The van der Waals surface area contributed by atoms with Gasteiger partial charge < -0.3 is 28.8 Å². The fourth-order valence-electron chi connectivity index (χ4n) is 3.84. The molecule has 0 aliphatic carbocycles. The number of hydrogen-bond donors (Lipinski definition) is 1. The Morgan fingerprint density at radius 1 is 1.09 bits per heavy atom. The molecule has 1 aliphatic rings. The highest BCUT2D eigenvalue weighted by Gasteiger charge is 2.38. The Balaban J connectivity index is 1.82. The Hall–Kier alpha value is -2.97. The van der Waals surface area contributed by atoms with E-state index in [1.54, 1.807) is 14.2 Å². The Labute approximate surface area is 195 Å². The number of hydrogen-bond acceptors (Lipinski definition) is 7. The van der Waals surface area contributed by atoms with Crippen LogP contribution >= 0.6 is 0 Å². The lowest BCUT2D eigenvalue weighted by molar-refractivity contribution is -0.128. The number of aliphatic hydroxyl groups excluding tert-OH is 1. The molecular formula is C25H33NO7. The number of carbonyl (C=O) groups is 1. The number of rotatable bonds is 7. The molecule has 2 aromatic rings. The third-order valence-electron chi connectivity index (χ3n) is 5.41. The molecule has 8 heteroatoms. The molecule has 0 unspecified atom stereocenters. The van der Waals surface area contributed by atoms with Gasteiger partial charge in [-0.2, -0.15) is 0 Å². The van der Waals surface area contributed by atoms with Gasteiger partial charge in [-0.3, -0.25) is 4.90 Å². The number of aliphatic hydroxyl groups is 1. The molecule has 0 spiro atoms. The number of fused-ring (bicyclic) bond motifs is 1. The van der Waals surface area contributed by atoms with Crippen molar-refractivity contribution in [2.24, 2.45) is 0 Å². The summed E-state index contributed by atoms with van der Waals surface area (Å²) in [6.07, 6.45) is -1.08. The van der Waals surface area contributed by atoms with Gasteiger partial charge >= 0.3 is 6.09 Å². The molecule has 8 nitrogen and oxygen atoms in total. The van der Waals surface area contributed by atoms with Crippen LogP contribution in [0.4, 0.5) is 4.79 Å². The predicted molar refractivity (Wildman–Crippen MR) is 123 cm³/mol. The second-order valence-corrected chi connectivity index (χ2v) is 8.82. The molecule has 0 saturated heterocycles. The largest absolute Gasteiger partial charge is 0.497 e. The fourth-order valence-corrected chi connectivity index (χ4v) is 3.84. The van der Waals surface area contributed by atoms with Crippen molar-refractivity contribution in [3.8, 4) is 17.2 Å². The van der Waals surface area contributed by atoms with Crippen molar-refractivity contribution in [2.75, 3.05) is 27.9 Å². The lowest BCUT2D eigenvalue weighted by Crippen LogP contribution is -2.47. The average Bonchev–Trinajstić information content (AvgIpc) is 2.79. The topological polar surface area (TPSA) is 86.7 Å². The molecule has 0 radical (unpaired) electrons. The predicted octanol–water partition coefficient (Wildman–Crippen LogP) is 4.08. The Morgan fingerprint density at radius 2 is 1.82 bits per heavy atom. The molecule has 2 aromatic carbocycles. The lowest BCUT2D eigenvalue weighted by atomic mass is 9.92. The van der Waals surface area contributed by atoms with Crippen LogP contribution in [0.5, 0.6) is 17.2 Å². The monoisotopic (exact) mass is 459 g/mol. The van der Waals surface area contributed by atoms with Gasteiger partial charge in [0.05, 0.1) is 14.2 Å². The zero-order valence-corrected chi connectivity index (χ0v) is 20.1. The first-order valence-electron chi connectivity index (χ1n) is 10.8. The van der Waals surface area contributed by atoms with Crippen LogP contribution in [0.25, 0.3) is 0 Å². The van der Waals surface area contributed by atoms with E-state index in [4.69, 9.17) is 23.7 Å². The summed E-state index contributed by atoms with van der Waals surface area (Å²) in [5, 5.41) is 10.5. The quantitative estimate of drug-likeness (QED) is 0.624. The maximum absolute atomic E-state index is 12.8. The third kappa shape index (κ3) is 5.89. The van der Waals surface area contributed by atoms with Crippen LogP contribution in [-0.2, 0) is 22.5 Å². The number of amides is 1. The standard InChI is InChI=1S/C25H33NO7/c1-25(2,3)33-24(28)26-12-11-16-13-19(7-9-20(16)22(26)23(27)31-6)32-15-17-14-18(29-4)8-10-21(17)30-5/h7-10,13-14,22-23,27H,11-12,15H2,1-6H3/t22-,23+/m1/s1. The van der Waals surface area contributed by atoms with Gasteiger partial charge in [0.25, 0.3) is 0 Å². The van der Waals surface area contributed by atoms with Gasteiger partial charge in [0.2, 0.25) is 0 Å². The van der Waals surface area contributed by atoms with Crippen LogP contribution in [0.3, 0.4) is 0 Å². The molecule has 1 N–H and O–H groups in total. The van der Waals surface area contributed by atoms with Crippen LogP contribution in [0.2, 0.25) is 0 Å². The van der Waals surface area contributed by atoms with E-state index in [9.17, 15) is 9.90 Å². The van der Waals surface area contributed by atoms with Crippen molar-refractivity contribution < 1.29 is 33.6 Å². The number of ether oxygens (including phenoxy) is 5. The zero-order chi connectivity index (χ0) is 24.2. The lowest BCUT2D eigenvalue weighted by Gasteiger charge is -2.39. The van der Waals surface area contributed by atoms with Crippen LogP contribution in [0, 0.1) is 0 Å². The maximum Gasteiger partial charge on any atom is 0.410 e. The van der Waals surface area contributed by atoms with Crippen molar-refractivity contribution in [1.29, 1.82) is 0 Å². The summed E-state index contributed by atoms with van der Waals surface area (Å²) in [7, 11) is 4.63. The minimum Gasteiger partial charge on any atom is -0.497 e. The number of nitrogens with zero attached hydrogens (tertiary/aromatic N) is 1. The minimum atomic E-state index is -1.19. The second-order valence-electron chi connectivity index (χ2n) is 8.82. The first-order valence-corrected chi connectivity index (χ1v) is 10.8. The van der Waals surface area contributed by atoms with Gasteiger partial charge in [-0.15, -0.1) is 0 Å². The number of carbonyl (C=O) groups excluding carboxylic acids is 1. The van der Waals surface area contributed by atoms with Gasteiger partial charge in [0.15, 0.2) is 6.29 Å². The van der Waals surface area contributed by atoms with E-state index in [2.05, 4.69) is 0 Å². The van der Waals surface area contributed by atoms with E-state index >= 15 is 0 Å². The van der Waals surface area contributed by atoms with E-state index in [1.807, 2.05) is 57.2 Å². The summed E-state index contributed by atoms with van der Waals surface area (Å²) in [5.41, 5.74) is 2.00. The molecule has 3 rings (SSSR count). The molecule has 0 fully saturated rings. The van der Waals surface area contributed by atoms with Gasteiger partial charge in [-0.25, -0.2) is 4.79 Å². The molecule has 33 heavy (non-hydrogen) atoms. The molecule has 0 bridgehead atoms. The summed E-state index contributed by atoms with van der Waals surface area (Å²) in [6.45, 7) is 6.12. The van der Waals surface area contributed by atoms with Crippen molar-refractivity contribution in [3.05, 3.63) is 53.1 Å². The van der Waals surface area contributed by atoms with Crippen LogP contribution < -0.4 is 14.2 Å². The summed E-state index contributed by atoms with van der Waals surface area (Å²) >= 11 is 0. The molecule has 2 atom stereocenters. The van der Waals surface area contributed by atoms with Crippen molar-refractivity contribution in [3.63, 3.8) is 0 Å². The first-order chi connectivity index (χ1) is 15.7. The van der Waals surface area contributed by atoms with E-state index in [-0.39, 0.29) is 0 Å². The summed E-state index contributed by atoms with van der Waals surface area (Å²) in [5.74, 6) is 2.11. The summed E-state index contributed by atoms with van der Waals surface area (Å²) in [4.78, 5) is 14.3. The Kier molecular flexibility index (Phi) is 7.71. The third-order valence-corrected chi connectivity index (χ3v) is 5.41. The highest BCUT2D eigenvalue weighted by Crippen LogP contribution is 2.36. The summed E-state index contributed by atoms with van der Waals surface area (Å²) < 4.78 is 27.5. The van der Waals surface area contributed by atoms with E-state index in [0.717, 1.165) is 22.4 Å². The van der Waals surface area contributed by atoms with Crippen LogP contribution in [0.1, 0.15) is 43.5 Å². The van der Waals surface area contributed by atoms with Crippen molar-refractivity contribution in [1.82, 2.24) is 4.90 Å². The molecule has 1 amide bonds. The molecular weight excluding hydrogens is 426 g/mol. The van der Waals surface area contributed by atoms with E-state index in [1.165, 1.54) is 12.0 Å². The maximum atomic E-state index is 12.8. The zero-order valence-electron chi connectivity index (χ0n) is 20.1. The van der Waals surface area contributed by atoms with E-state index in [0.29, 0.717) is 31.1 Å². The molecule has 180 valence electrons. The Bertz CT molecular complexity index is 970. The highest BCUT2D eigenvalue weighted by atomic mass is 16.6. The van der Waals surface area contributed by atoms with E-state index < -0.39 is 24.0 Å².